The fraction of sp³-hybridized carbons (Fsp3) is 0.864. The second-order valence-electron chi connectivity index (χ2n) is 10.0. The van der Waals surface area contributed by atoms with Gasteiger partial charge in [-0.05, 0) is 82.1 Å². The first-order valence-corrected chi connectivity index (χ1v) is 10.7. The van der Waals surface area contributed by atoms with Crippen LogP contribution in [0.1, 0.15) is 58.8 Å². The van der Waals surface area contributed by atoms with Crippen molar-refractivity contribution in [2.24, 2.45) is 34.5 Å². The molecule has 1 heterocycles. The molecule has 0 aromatic heterocycles. The molecule has 0 aromatic carbocycles. The van der Waals surface area contributed by atoms with E-state index in [0.717, 1.165) is 32.1 Å². The third kappa shape index (κ3) is 1.95. The summed E-state index contributed by atoms with van der Waals surface area (Å²) in [4.78, 5) is 12.9. The summed E-state index contributed by atoms with van der Waals surface area (Å²) < 4.78 is 5.70. The largest absolute Gasteiger partial charge is 0.462 e. The molecular formula is C22H33NO3. The van der Waals surface area contributed by atoms with Crippen molar-refractivity contribution in [3.8, 4) is 0 Å². The molecule has 0 bridgehead atoms. The van der Waals surface area contributed by atoms with Gasteiger partial charge in [-0.15, -0.1) is 0 Å². The molecule has 9 unspecified atom stereocenters. The molecule has 144 valence electrons. The van der Waals surface area contributed by atoms with Gasteiger partial charge in [0.25, 0.3) is 0 Å². The molecule has 4 nitrogen and oxygen atoms in total. The first kappa shape index (κ1) is 17.2. The molecule has 3 saturated carbocycles. The summed E-state index contributed by atoms with van der Waals surface area (Å²) in [5.74, 6) is 1.44. The highest BCUT2D eigenvalue weighted by Gasteiger charge is 2.70. The van der Waals surface area contributed by atoms with Crippen LogP contribution in [0.2, 0.25) is 0 Å². The summed E-state index contributed by atoms with van der Waals surface area (Å²) in [5, 5.41) is 14.8. The van der Waals surface area contributed by atoms with Gasteiger partial charge < -0.3 is 15.2 Å². The van der Waals surface area contributed by atoms with Crippen LogP contribution in [0.4, 0.5) is 0 Å². The number of aliphatic hydroxyl groups is 1. The molecular weight excluding hydrogens is 326 g/mol. The van der Waals surface area contributed by atoms with Gasteiger partial charge in [0.15, 0.2) is 0 Å². The summed E-state index contributed by atoms with van der Waals surface area (Å²) >= 11 is 0. The van der Waals surface area contributed by atoms with Gasteiger partial charge in [0.2, 0.25) is 0 Å². The zero-order valence-corrected chi connectivity index (χ0v) is 16.3. The molecule has 1 aliphatic heterocycles. The van der Waals surface area contributed by atoms with Crippen LogP contribution in [-0.4, -0.2) is 36.4 Å². The molecule has 0 aromatic rings. The molecule has 4 fully saturated rings. The van der Waals surface area contributed by atoms with Gasteiger partial charge in [0.1, 0.15) is 6.10 Å². The van der Waals surface area contributed by atoms with Crippen LogP contribution >= 0.6 is 0 Å². The lowest BCUT2D eigenvalue weighted by Gasteiger charge is -2.58. The lowest BCUT2D eigenvalue weighted by molar-refractivity contribution is -0.166. The highest BCUT2D eigenvalue weighted by Crippen LogP contribution is 2.68. The third-order valence-electron chi connectivity index (χ3n) is 9.28. The van der Waals surface area contributed by atoms with Crippen molar-refractivity contribution < 1.29 is 14.6 Å². The van der Waals surface area contributed by atoms with E-state index in [0.29, 0.717) is 36.1 Å². The molecule has 0 amide bonds. The second kappa shape index (κ2) is 5.57. The first-order chi connectivity index (χ1) is 12.4. The Hall–Kier alpha value is -0.870. The number of fused-ring (bicyclic) bond motifs is 4. The maximum atomic E-state index is 12.9. The Balaban J connectivity index is 1.54. The van der Waals surface area contributed by atoms with Gasteiger partial charge in [-0.1, -0.05) is 18.6 Å². The van der Waals surface area contributed by atoms with Crippen molar-refractivity contribution in [2.75, 3.05) is 7.05 Å². The van der Waals surface area contributed by atoms with E-state index < -0.39 is 5.41 Å². The summed E-state index contributed by atoms with van der Waals surface area (Å²) in [7, 11) is 2.06. The number of aliphatic hydroxyl groups excluding tert-OH is 1. The summed E-state index contributed by atoms with van der Waals surface area (Å²) in [6.45, 7) is 4.45. The normalized spacial score (nSPS) is 55.3. The molecule has 26 heavy (non-hydrogen) atoms. The summed E-state index contributed by atoms with van der Waals surface area (Å²) in [6, 6.07) is 0.569. The summed E-state index contributed by atoms with van der Waals surface area (Å²) in [5.41, 5.74) is 1.25. The zero-order valence-electron chi connectivity index (χ0n) is 16.3. The molecule has 1 saturated heterocycles. The third-order valence-corrected chi connectivity index (χ3v) is 9.28. The van der Waals surface area contributed by atoms with E-state index in [4.69, 9.17) is 4.74 Å². The molecule has 0 radical (unpaired) electrons. The number of hydrogen-bond donors (Lipinski definition) is 2. The lowest BCUT2D eigenvalue weighted by Crippen LogP contribution is -2.58. The molecule has 4 aliphatic carbocycles. The van der Waals surface area contributed by atoms with Crippen molar-refractivity contribution in [3.05, 3.63) is 11.6 Å². The van der Waals surface area contributed by atoms with E-state index >= 15 is 0 Å². The number of esters is 1. The maximum Gasteiger partial charge on any atom is 0.313 e. The molecule has 2 N–H and O–H groups in total. The van der Waals surface area contributed by atoms with Gasteiger partial charge >= 0.3 is 5.97 Å². The van der Waals surface area contributed by atoms with Crippen LogP contribution in [0, 0.1) is 34.5 Å². The minimum Gasteiger partial charge on any atom is -0.462 e. The van der Waals surface area contributed by atoms with E-state index in [1.807, 2.05) is 0 Å². The predicted molar refractivity (Wildman–Crippen MR) is 99.3 cm³/mol. The number of cyclic esters (lactones) is 1. The fourth-order valence-electron chi connectivity index (χ4n) is 8.12. The van der Waals surface area contributed by atoms with Gasteiger partial charge in [-0.25, -0.2) is 0 Å². The highest BCUT2D eigenvalue weighted by molar-refractivity contribution is 5.81. The van der Waals surface area contributed by atoms with E-state index in [1.54, 1.807) is 5.57 Å². The number of ether oxygens (including phenoxy) is 1. The Morgan fingerprint density at radius 3 is 2.81 bits per heavy atom. The van der Waals surface area contributed by atoms with Crippen LogP contribution in [0.5, 0.6) is 0 Å². The van der Waals surface area contributed by atoms with E-state index in [9.17, 15) is 9.90 Å². The van der Waals surface area contributed by atoms with Gasteiger partial charge in [0, 0.05) is 12.0 Å². The Morgan fingerprint density at radius 1 is 1.27 bits per heavy atom. The molecule has 5 aliphatic rings. The monoisotopic (exact) mass is 359 g/mol. The maximum absolute atomic E-state index is 12.9. The van der Waals surface area contributed by atoms with Crippen molar-refractivity contribution in [1.29, 1.82) is 0 Å². The number of hydrogen-bond acceptors (Lipinski definition) is 4. The number of rotatable bonds is 1. The molecule has 9 atom stereocenters. The minimum atomic E-state index is -0.399. The van der Waals surface area contributed by atoms with E-state index in [2.05, 4.69) is 32.3 Å². The Morgan fingerprint density at radius 2 is 2.04 bits per heavy atom. The lowest BCUT2D eigenvalue weighted by atomic mass is 9.46. The quantitative estimate of drug-likeness (QED) is 0.558. The van der Waals surface area contributed by atoms with Crippen LogP contribution in [0.15, 0.2) is 11.6 Å². The van der Waals surface area contributed by atoms with Crippen molar-refractivity contribution in [3.63, 3.8) is 0 Å². The topological polar surface area (TPSA) is 58.6 Å². The molecule has 1 spiro atoms. The first-order valence-electron chi connectivity index (χ1n) is 10.7. The van der Waals surface area contributed by atoms with E-state index in [-0.39, 0.29) is 23.6 Å². The van der Waals surface area contributed by atoms with Crippen molar-refractivity contribution >= 4 is 5.97 Å². The average molecular weight is 360 g/mol. The van der Waals surface area contributed by atoms with Crippen LogP contribution in [-0.2, 0) is 9.53 Å². The Kier molecular flexibility index (Phi) is 3.70. The molecule has 5 rings (SSSR count). The summed E-state index contributed by atoms with van der Waals surface area (Å²) in [6.07, 6.45) is 9.44. The number of nitrogens with one attached hydrogen (secondary N) is 1. The van der Waals surface area contributed by atoms with Gasteiger partial charge in [-0.2, -0.15) is 0 Å². The number of carbonyl (C=O) groups excluding carboxylic acids is 1. The predicted octanol–water partition coefficient (Wildman–Crippen LogP) is 3.05. The van der Waals surface area contributed by atoms with Crippen molar-refractivity contribution in [1.82, 2.24) is 5.32 Å². The minimum absolute atomic E-state index is 0.00572. The fourth-order valence-corrected chi connectivity index (χ4v) is 8.12. The van der Waals surface area contributed by atoms with Crippen molar-refractivity contribution in [2.45, 2.75) is 77.0 Å². The number of allylic oxidation sites excluding steroid dienone is 1. The zero-order chi connectivity index (χ0) is 18.3. The standard InChI is InChI=1S/C22H33NO3/c1-12-16-6-7-17-15-5-4-13-10-14(23-3)8-9-21(13,2)19(15)18(24)11-22(16,17)20(25)26-12/h4,12,14-19,23-24H,5-11H2,1-3H3. The Labute approximate surface area is 156 Å². The van der Waals surface area contributed by atoms with Gasteiger partial charge in [-0.3, -0.25) is 4.79 Å². The van der Waals surface area contributed by atoms with Crippen LogP contribution in [0.3, 0.4) is 0 Å². The average Bonchev–Trinajstić information content (AvgIpc) is 3.10. The van der Waals surface area contributed by atoms with Crippen LogP contribution < -0.4 is 5.32 Å². The van der Waals surface area contributed by atoms with E-state index in [1.165, 1.54) is 6.42 Å². The smallest absolute Gasteiger partial charge is 0.313 e. The highest BCUT2D eigenvalue weighted by atomic mass is 16.6. The SMILES string of the molecule is CNC1CCC2(C)C(=CCC3C2C(O)CC24C(=O)OC(C)C2CCC34)C1. The Bertz CT molecular complexity index is 660. The second-order valence-corrected chi connectivity index (χ2v) is 10.0. The van der Waals surface area contributed by atoms with Gasteiger partial charge in [0.05, 0.1) is 11.5 Å². The molecule has 4 heteroatoms. The number of carbonyl (C=O) groups is 1. The van der Waals surface area contributed by atoms with Crippen LogP contribution in [0.25, 0.3) is 0 Å².